The van der Waals surface area contributed by atoms with Gasteiger partial charge in [0, 0.05) is 5.56 Å². The van der Waals surface area contributed by atoms with Gasteiger partial charge in [-0.3, -0.25) is 0 Å². The molecule has 0 aliphatic carbocycles. The Balaban J connectivity index is 2.02. The number of methoxy groups -OCH3 is 1. The molecule has 162 valence electrons. The monoisotopic (exact) mass is 441 g/mol. The molecule has 2 N–H and O–H groups in total. The first kappa shape index (κ1) is 22.3. The molecule has 0 spiro atoms. The molecule has 3 rings (SSSR count). The fourth-order valence-corrected chi connectivity index (χ4v) is 3.88. The maximum absolute atomic E-state index is 12.5. The van der Waals surface area contributed by atoms with Crippen LogP contribution in [0.25, 0.3) is 6.08 Å². The molecule has 0 fully saturated rings. The minimum absolute atomic E-state index is 0.0191. The molecule has 0 amide bonds. The van der Waals surface area contributed by atoms with Gasteiger partial charge < -0.3 is 24.4 Å². The summed E-state index contributed by atoms with van der Waals surface area (Å²) >= 11 is 1.11. The Kier molecular flexibility index (Phi) is 7.25. The maximum atomic E-state index is 12.5. The van der Waals surface area contributed by atoms with Crippen LogP contribution >= 0.6 is 11.8 Å². The van der Waals surface area contributed by atoms with Crippen molar-refractivity contribution in [2.45, 2.75) is 13.8 Å². The summed E-state index contributed by atoms with van der Waals surface area (Å²) in [5.41, 5.74) is 0.999. The second kappa shape index (κ2) is 10.1. The Morgan fingerprint density at radius 3 is 2.48 bits per heavy atom. The Bertz CT molecular complexity index is 1060. The average molecular weight is 442 g/mol. The number of hydrogen-bond donors (Lipinski definition) is 2. The van der Waals surface area contributed by atoms with Crippen molar-refractivity contribution in [3.8, 4) is 17.2 Å². The molecule has 0 bridgehead atoms. The zero-order valence-electron chi connectivity index (χ0n) is 17.4. The van der Waals surface area contributed by atoms with Gasteiger partial charge in [0.2, 0.25) is 0 Å². The number of hydrogen-bond acceptors (Lipinski definition) is 8. The molecular weight excluding hydrogens is 418 g/mol. The SMILES string of the molecule is CCOC(=O)C1=C(O)/C(=C\c2cccc(OC)c2O)SC1=Nc1ccc(OCC)cc1. The zero-order chi connectivity index (χ0) is 22.4. The smallest absolute Gasteiger partial charge is 0.344 e. The topological polar surface area (TPSA) is 97.6 Å². The fraction of sp³-hybridized carbons (Fsp3) is 0.217. The molecule has 0 radical (unpaired) electrons. The highest BCUT2D eigenvalue weighted by Gasteiger charge is 2.33. The number of thioether (sulfide) groups is 1. The van der Waals surface area contributed by atoms with Crippen LogP contribution in [-0.2, 0) is 9.53 Å². The first-order valence-electron chi connectivity index (χ1n) is 9.66. The van der Waals surface area contributed by atoms with E-state index in [0.717, 1.165) is 11.8 Å². The molecule has 31 heavy (non-hydrogen) atoms. The highest BCUT2D eigenvalue weighted by atomic mass is 32.2. The van der Waals surface area contributed by atoms with Crippen molar-refractivity contribution in [2.75, 3.05) is 20.3 Å². The summed E-state index contributed by atoms with van der Waals surface area (Å²) in [7, 11) is 1.45. The molecule has 1 aliphatic heterocycles. The van der Waals surface area contributed by atoms with Crippen molar-refractivity contribution in [1.29, 1.82) is 0 Å². The van der Waals surface area contributed by atoms with Crippen molar-refractivity contribution in [1.82, 2.24) is 0 Å². The highest BCUT2D eigenvalue weighted by molar-refractivity contribution is 8.18. The van der Waals surface area contributed by atoms with E-state index in [1.165, 1.54) is 7.11 Å². The second-order valence-corrected chi connectivity index (χ2v) is 7.33. The Morgan fingerprint density at radius 1 is 1.10 bits per heavy atom. The van der Waals surface area contributed by atoms with Gasteiger partial charge in [-0.15, -0.1) is 0 Å². The van der Waals surface area contributed by atoms with Crippen molar-refractivity contribution in [3.63, 3.8) is 0 Å². The third kappa shape index (κ3) is 5.03. The van der Waals surface area contributed by atoms with Gasteiger partial charge in [-0.1, -0.05) is 23.9 Å². The van der Waals surface area contributed by atoms with Gasteiger partial charge in [0.15, 0.2) is 11.5 Å². The molecule has 7 nitrogen and oxygen atoms in total. The molecule has 0 unspecified atom stereocenters. The van der Waals surface area contributed by atoms with E-state index in [1.54, 1.807) is 55.5 Å². The van der Waals surface area contributed by atoms with Gasteiger partial charge in [0.1, 0.15) is 22.1 Å². The summed E-state index contributed by atoms with van der Waals surface area (Å²) in [6, 6.07) is 12.1. The number of nitrogens with zero attached hydrogens (tertiary/aromatic N) is 1. The third-order valence-corrected chi connectivity index (χ3v) is 5.31. The fourth-order valence-electron chi connectivity index (χ4n) is 2.85. The minimum atomic E-state index is -0.671. The number of aliphatic imine (C=N–C) groups is 1. The number of aromatic hydroxyl groups is 1. The number of aliphatic hydroxyl groups excluding tert-OH is 1. The molecule has 1 heterocycles. The van der Waals surface area contributed by atoms with Crippen molar-refractivity contribution in [3.05, 3.63) is 64.3 Å². The highest BCUT2D eigenvalue weighted by Crippen LogP contribution is 2.42. The molecule has 0 saturated carbocycles. The maximum Gasteiger partial charge on any atom is 0.344 e. The number of para-hydroxylation sites is 1. The number of carbonyl (C=O) groups is 1. The van der Waals surface area contributed by atoms with E-state index in [-0.39, 0.29) is 23.7 Å². The number of benzene rings is 2. The number of aliphatic hydroxyl groups is 1. The molecule has 8 heteroatoms. The van der Waals surface area contributed by atoms with Crippen LogP contribution in [0.15, 0.2) is 63.7 Å². The number of phenols is 1. The third-order valence-electron chi connectivity index (χ3n) is 4.29. The average Bonchev–Trinajstić information content (AvgIpc) is 3.06. The van der Waals surface area contributed by atoms with E-state index in [9.17, 15) is 15.0 Å². The largest absolute Gasteiger partial charge is 0.506 e. The summed E-state index contributed by atoms with van der Waals surface area (Å²) in [6.45, 7) is 4.30. The van der Waals surface area contributed by atoms with Gasteiger partial charge >= 0.3 is 5.97 Å². The number of esters is 1. The van der Waals surface area contributed by atoms with E-state index in [4.69, 9.17) is 14.2 Å². The zero-order valence-corrected chi connectivity index (χ0v) is 18.2. The Labute approximate surface area is 184 Å². The molecular formula is C23H23NO6S. The lowest BCUT2D eigenvalue weighted by Gasteiger charge is -2.06. The van der Waals surface area contributed by atoms with Crippen LogP contribution in [0.5, 0.6) is 17.2 Å². The number of phenolic OH excluding ortho intramolecular Hbond substituents is 1. The van der Waals surface area contributed by atoms with E-state index in [1.807, 2.05) is 6.92 Å². The van der Waals surface area contributed by atoms with Crippen LogP contribution in [0, 0.1) is 0 Å². The van der Waals surface area contributed by atoms with Gasteiger partial charge in [-0.05, 0) is 50.3 Å². The molecule has 1 aliphatic rings. The first-order chi connectivity index (χ1) is 15.0. The Hall–Kier alpha value is -3.39. The molecule has 2 aromatic carbocycles. The molecule has 2 aromatic rings. The second-order valence-electron chi connectivity index (χ2n) is 6.30. The van der Waals surface area contributed by atoms with Crippen LogP contribution in [0.3, 0.4) is 0 Å². The van der Waals surface area contributed by atoms with Crippen LogP contribution in [0.1, 0.15) is 19.4 Å². The predicted octanol–water partition coefficient (Wildman–Crippen LogP) is 4.99. The van der Waals surface area contributed by atoms with Crippen LogP contribution in [0.2, 0.25) is 0 Å². The molecule has 0 saturated heterocycles. The van der Waals surface area contributed by atoms with Crippen LogP contribution in [-0.4, -0.2) is 41.5 Å². The minimum Gasteiger partial charge on any atom is -0.506 e. The predicted molar refractivity (Wildman–Crippen MR) is 121 cm³/mol. The van der Waals surface area contributed by atoms with Crippen molar-refractivity contribution < 1.29 is 29.2 Å². The van der Waals surface area contributed by atoms with E-state index >= 15 is 0 Å². The van der Waals surface area contributed by atoms with Gasteiger partial charge in [-0.2, -0.15) is 0 Å². The summed E-state index contributed by atoms with van der Waals surface area (Å²) in [5, 5.41) is 21.4. The van der Waals surface area contributed by atoms with E-state index < -0.39 is 5.97 Å². The van der Waals surface area contributed by atoms with Gasteiger partial charge in [-0.25, -0.2) is 9.79 Å². The lowest BCUT2D eigenvalue weighted by molar-refractivity contribution is -0.138. The molecule has 0 atom stereocenters. The lowest BCUT2D eigenvalue weighted by atomic mass is 10.1. The number of ether oxygens (including phenoxy) is 3. The summed E-state index contributed by atoms with van der Waals surface area (Å²) < 4.78 is 15.7. The van der Waals surface area contributed by atoms with E-state index in [2.05, 4.69) is 4.99 Å². The van der Waals surface area contributed by atoms with Gasteiger partial charge in [0.05, 0.1) is 30.9 Å². The van der Waals surface area contributed by atoms with E-state index in [0.29, 0.717) is 39.3 Å². The summed E-state index contributed by atoms with van der Waals surface area (Å²) in [4.78, 5) is 17.4. The first-order valence-corrected chi connectivity index (χ1v) is 10.5. The van der Waals surface area contributed by atoms with Gasteiger partial charge in [0.25, 0.3) is 0 Å². The quantitative estimate of drug-likeness (QED) is 0.584. The normalized spacial score (nSPS) is 16.1. The molecule has 0 aromatic heterocycles. The summed E-state index contributed by atoms with van der Waals surface area (Å²) in [5.74, 6) is 0.0182. The van der Waals surface area contributed by atoms with Crippen LogP contribution in [0.4, 0.5) is 5.69 Å². The Morgan fingerprint density at radius 2 is 1.84 bits per heavy atom. The van der Waals surface area contributed by atoms with Crippen LogP contribution < -0.4 is 9.47 Å². The number of rotatable bonds is 7. The van der Waals surface area contributed by atoms with Crippen molar-refractivity contribution in [2.24, 2.45) is 4.99 Å². The van der Waals surface area contributed by atoms with Crippen molar-refractivity contribution >= 4 is 34.5 Å². The summed E-state index contributed by atoms with van der Waals surface area (Å²) in [6.07, 6.45) is 1.57. The number of carbonyl (C=O) groups excluding carboxylic acids is 1. The lowest BCUT2D eigenvalue weighted by Crippen LogP contribution is -2.12. The standard InChI is InChI=1S/C23H23NO6S/c1-4-29-16-11-9-15(10-12-16)24-22-19(23(27)30-5-2)21(26)18(31-22)13-14-7-6-8-17(28-3)20(14)25/h6-13,25-26H,4-5H2,1-3H3/b18-13+,24-22?.